The van der Waals surface area contributed by atoms with E-state index in [9.17, 15) is 4.79 Å². The zero-order valence-corrected chi connectivity index (χ0v) is 18.7. The third-order valence-corrected chi connectivity index (χ3v) is 6.47. The van der Waals surface area contributed by atoms with Gasteiger partial charge in [-0.2, -0.15) is 0 Å². The Bertz CT molecular complexity index is 1190. The van der Waals surface area contributed by atoms with Gasteiger partial charge >= 0.3 is 0 Å². The molecule has 0 aliphatic rings. The Labute approximate surface area is 187 Å². The minimum atomic E-state index is -0.141. The molecule has 9 heteroatoms. The molecule has 30 heavy (non-hydrogen) atoms. The second-order valence-electron chi connectivity index (χ2n) is 6.56. The summed E-state index contributed by atoms with van der Waals surface area (Å²) in [6.07, 6.45) is 0. The van der Waals surface area contributed by atoms with Crippen molar-refractivity contribution >= 4 is 45.7 Å². The van der Waals surface area contributed by atoms with E-state index in [1.165, 1.54) is 23.1 Å². The summed E-state index contributed by atoms with van der Waals surface area (Å²) in [7, 11) is 1.90. The van der Waals surface area contributed by atoms with Gasteiger partial charge in [-0.15, -0.1) is 21.5 Å². The van der Waals surface area contributed by atoms with Crippen LogP contribution in [0.25, 0.3) is 22.6 Å². The molecule has 0 bridgehead atoms. The minimum absolute atomic E-state index is 0.141. The number of aryl methyl sites for hydroxylation is 1. The molecule has 0 aliphatic carbocycles. The molecule has 2 aromatic heterocycles. The summed E-state index contributed by atoms with van der Waals surface area (Å²) < 4.78 is 1.91. The van der Waals surface area contributed by atoms with Crippen molar-refractivity contribution in [3.63, 3.8) is 0 Å². The van der Waals surface area contributed by atoms with Crippen molar-refractivity contribution < 1.29 is 4.79 Å². The highest BCUT2D eigenvalue weighted by molar-refractivity contribution is 7.99. The Morgan fingerprint density at radius 2 is 1.93 bits per heavy atom. The molecule has 0 aliphatic heterocycles. The molecule has 0 fully saturated rings. The van der Waals surface area contributed by atoms with Crippen LogP contribution in [0.15, 0.2) is 59.1 Å². The molecule has 0 atom stereocenters. The Morgan fingerprint density at radius 3 is 2.70 bits per heavy atom. The third kappa shape index (κ3) is 4.56. The average molecular weight is 456 g/mol. The van der Waals surface area contributed by atoms with Crippen LogP contribution in [-0.2, 0) is 11.8 Å². The number of nitrogens with zero attached hydrogens (tertiary/aromatic N) is 4. The van der Waals surface area contributed by atoms with Crippen LogP contribution in [0.3, 0.4) is 0 Å². The summed E-state index contributed by atoms with van der Waals surface area (Å²) in [5.41, 5.74) is 3.91. The highest BCUT2D eigenvalue weighted by Crippen LogP contribution is 2.27. The SMILES string of the molecule is Cc1ccccc1-c1nnc(SCC(=O)Nc2nc(-c3ccc(Cl)cc3)cs2)n1C. The number of hydrogen-bond acceptors (Lipinski definition) is 6. The van der Waals surface area contributed by atoms with Gasteiger partial charge in [-0.1, -0.05) is 59.8 Å². The maximum Gasteiger partial charge on any atom is 0.236 e. The lowest BCUT2D eigenvalue weighted by molar-refractivity contribution is -0.113. The molecule has 0 saturated carbocycles. The van der Waals surface area contributed by atoms with Crippen LogP contribution >= 0.6 is 34.7 Å². The molecule has 4 aromatic rings. The van der Waals surface area contributed by atoms with Gasteiger partial charge in [-0.05, 0) is 24.6 Å². The fourth-order valence-electron chi connectivity index (χ4n) is 2.87. The van der Waals surface area contributed by atoms with Gasteiger partial charge in [0.15, 0.2) is 16.1 Å². The molecule has 1 amide bonds. The Kier molecular flexibility index (Phi) is 6.17. The predicted octanol–water partition coefficient (Wildman–Crippen LogP) is 5.30. The van der Waals surface area contributed by atoms with Gasteiger partial charge < -0.3 is 9.88 Å². The Morgan fingerprint density at radius 1 is 1.17 bits per heavy atom. The van der Waals surface area contributed by atoms with Crippen LogP contribution < -0.4 is 5.32 Å². The predicted molar refractivity (Wildman–Crippen MR) is 123 cm³/mol. The van der Waals surface area contributed by atoms with E-state index < -0.39 is 0 Å². The maximum absolute atomic E-state index is 12.4. The second-order valence-corrected chi connectivity index (χ2v) is 8.80. The summed E-state index contributed by atoms with van der Waals surface area (Å²) in [6.45, 7) is 2.04. The van der Waals surface area contributed by atoms with Crippen molar-refractivity contribution in [1.29, 1.82) is 0 Å². The van der Waals surface area contributed by atoms with E-state index >= 15 is 0 Å². The number of halogens is 1. The highest BCUT2D eigenvalue weighted by Gasteiger charge is 2.15. The van der Waals surface area contributed by atoms with Gasteiger partial charge in [0, 0.05) is 28.6 Å². The Hall–Kier alpha value is -2.68. The monoisotopic (exact) mass is 455 g/mol. The topological polar surface area (TPSA) is 72.7 Å². The number of carbonyl (C=O) groups excluding carboxylic acids is 1. The van der Waals surface area contributed by atoms with Crippen LogP contribution in [0.2, 0.25) is 5.02 Å². The summed E-state index contributed by atoms with van der Waals surface area (Å²) in [4.78, 5) is 16.9. The molecular weight excluding hydrogens is 438 g/mol. The second kappa shape index (κ2) is 8.99. The molecule has 0 radical (unpaired) electrons. The van der Waals surface area contributed by atoms with Gasteiger partial charge in [-0.3, -0.25) is 4.79 Å². The van der Waals surface area contributed by atoms with Crippen LogP contribution in [0.4, 0.5) is 5.13 Å². The molecule has 6 nitrogen and oxygen atoms in total. The smallest absolute Gasteiger partial charge is 0.236 e. The summed E-state index contributed by atoms with van der Waals surface area (Å²) >= 11 is 8.65. The number of carbonyl (C=O) groups is 1. The van der Waals surface area contributed by atoms with E-state index in [1.54, 1.807) is 0 Å². The van der Waals surface area contributed by atoms with Gasteiger partial charge in [0.05, 0.1) is 11.4 Å². The lowest BCUT2D eigenvalue weighted by Crippen LogP contribution is -2.14. The number of amides is 1. The molecule has 4 rings (SSSR count). The molecule has 2 aromatic carbocycles. The lowest BCUT2D eigenvalue weighted by atomic mass is 10.1. The van der Waals surface area contributed by atoms with Gasteiger partial charge in [0.1, 0.15) is 0 Å². The van der Waals surface area contributed by atoms with Gasteiger partial charge in [0.25, 0.3) is 0 Å². The molecule has 1 N–H and O–H groups in total. The average Bonchev–Trinajstić information content (AvgIpc) is 3.34. The van der Waals surface area contributed by atoms with Crippen molar-refractivity contribution in [2.24, 2.45) is 7.05 Å². The van der Waals surface area contributed by atoms with Crippen molar-refractivity contribution in [1.82, 2.24) is 19.7 Å². The number of benzene rings is 2. The maximum atomic E-state index is 12.4. The zero-order valence-electron chi connectivity index (χ0n) is 16.3. The summed E-state index contributed by atoms with van der Waals surface area (Å²) in [5, 5.41) is 15.2. The molecule has 0 spiro atoms. The fraction of sp³-hybridized carbons (Fsp3) is 0.143. The first-order valence-corrected chi connectivity index (χ1v) is 11.3. The minimum Gasteiger partial charge on any atom is -0.305 e. The van der Waals surface area contributed by atoms with Crippen molar-refractivity contribution in [3.8, 4) is 22.6 Å². The van der Waals surface area contributed by atoms with E-state index in [-0.39, 0.29) is 11.7 Å². The summed E-state index contributed by atoms with van der Waals surface area (Å²) in [5.74, 6) is 0.858. The van der Waals surface area contributed by atoms with Crippen LogP contribution in [0.1, 0.15) is 5.56 Å². The summed E-state index contributed by atoms with van der Waals surface area (Å²) in [6, 6.07) is 15.5. The third-order valence-electron chi connectivity index (χ3n) is 4.44. The van der Waals surface area contributed by atoms with Gasteiger partial charge in [-0.25, -0.2) is 4.98 Å². The zero-order chi connectivity index (χ0) is 21.1. The van der Waals surface area contributed by atoms with Crippen LogP contribution in [0, 0.1) is 6.92 Å². The first-order valence-electron chi connectivity index (χ1n) is 9.11. The van der Waals surface area contributed by atoms with Crippen molar-refractivity contribution in [2.45, 2.75) is 12.1 Å². The first-order chi connectivity index (χ1) is 14.5. The number of nitrogens with one attached hydrogen (secondary N) is 1. The van der Waals surface area contributed by atoms with E-state index in [0.29, 0.717) is 15.3 Å². The number of aromatic nitrogens is 4. The Balaban J connectivity index is 1.38. The first kappa shape index (κ1) is 20.6. The standard InChI is InChI=1S/C21H18ClN5OS2/c1-13-5-3-4-6-16(13)19-25-26-21(27(19)2)30-12-18(28)24-20-23-17(11-29-20)14-7-9-15(22)10-8-14/h3-11H,12H2,1-2H3,(H,23,24,28). The number of rotatable bonds is 6. The van der Waals surface area contributed by atoms with Crippen molar-refractivity contribution in [2.75, 3.05) is 11.1 Å². The number of anilines is 1. The lowest BCUT2D eigenvalue weighted by Gasteiger charge is -2.06. The number of thioether (sulfide) groups is 1. The molecule has 0 saturated heterocycles. The van der Waals surface area contributed by atoms with E-state index in [2.05, 4.69) is 20.5 Å². The largest absolute Gasteiger partial charge is 0.305 e. The highest BCUT2D eigenvalue weighted by atomic mass is 35.5. The quantitative estimate of drug-likeness (QED) is 0.399. The molecule has 2 heterocycles. The molecule has 0 unspecified atom stereocenters. The van der Waals surface area contributed by atoms with Crippen LogP contribution in [0.5, 0.6) is 0 Å². The van der Waals surface area contributed by atoms with Crippen molar-refractivity contribution in [3.05, 3.63) is 64.5 Å². The fourth-order valence-corrected chi connectivity index (χ4v) is 4.44. The van der Waals surface area contributed by atoms with Gasteiger partial charge in [0.2, 0.25) is 5.91 Å². The van der Waals surface area contributed by atoms with E-state index in [1.807, 2.05) is 72.4 Å². The molecule has 152 valence electrons. The molecular formula is C21H18ClN5OS2. The van der Waals surface area contributed by atoms with Crippen LogP contribution in [-0.4, -0.2) is 31.4 Å². The van der Waals surface area contributed by atoms with E-state index in [0.717, 1.165) is 28.2 Å². The number of thiazole rings is 1. The normalized spacial score (nSPS) is 10.9. The van der Waals surface area contributed by atoms with E-state index in [4.69, 9.17) is 11.6 Å². The number of hydrogen-bond donors (Lipinski definition) is 1.